The maximum Gasteiger partial charge on any atom is 0.235 e. The Morgan fingerprint density at radius 3 is 1.37 bits per heavy atom. The summed E-state index contributed by atoms with van der Waals surface area (Å²) >= 11 is 0. The van der Waals surface area contributed by atoms with Gasteiger partial charge in [0, 0.05) is 21.7 Å². The third kappa shape index (κ3) is 5.68. The standard InChI is InChI=1S/C54H35N3/c1-4-14-36(15-5-1)42-30-32-50-47(34-42)48-35-43(37-16-6-2-7-17-37)31-33-51(48)57(50)54-55-49-25-11-10-22-46(49)53(56-54)41-28-26-39(27-29-41)45-24-13-21-40-20-12-23-44(52(40)45)38-18-8-3-9-19-38/h1-35H. The van der Waals surface area contributed by atoms with Crippen molar-refractivity contribution in [1.82, 2.24) is 14.5 Å². The molecule has 0 spiro atoms. The van der Waals surface area contributed by atoms with Crippen LogP contribution in [0.15, 0.2) is 212 Å². The summed E-state index contributed by atoms with van der Waals surface area (Å²) in [5, 5.41) is 5.82. The van der Waals surface area contributed by atoms with E-state index in [-0.39, 0.29) is 0 Å². The molecule has 0 N–H and O–H groups in total. The Hall–Kier alpha value is -7.62. The van der Waals surface area contributed by atoms with Gasteiger partial charge in [-0.3, -0.25) is 4.57 Å². The maximum atomic E-state index is 5.43. The minimum absolute atomic E-state index is 0.647. The number of hydrogen-bond donors (Lipinski definition) is 0. The Balaban J connectivity index is 1.09. The minimum atomic E-state index is 0.647. The van der Waals surface area contributed by atoms with Gasteiger partial charge in [0.05, 0.1) is 22.2 Å². The molecule has 0 bridgehead atoms. The first-order valence-corrected chi connectivity index (χ1v) is 19.4. The normalized spacial score (nSPS) is 11.5. The third-order valence-electron chi connectivity index (χ3n) is 11.2. The summed E-state index contributed by atoms with van der Waals surface area (Å²) in [5.74, 6) is 0.647. The van der Waals surface area contributed by atoms with Gasteiger partial charge in [-0.1, -0.05) is 182 Å². The number of hydrogen-bond acceptors (Lipinski definition) is 2. The topological polar surface area (TPSA) is 30.7 Å². The van der Waals surface area contributed by atoms with Crippen LogP contribution in [0, 0.1) is 0 Å². The van der Waals surface area contributed by atoms with Crippen LogP contribution in [-0.2, 0) is 0 Å². The summed E-state index contributed by atoms with van der Waals surface area (Å²) in [6, 6.07) is 75.7. The molecule has 0 unspecified atom stereocenters. The Kier molecular flexibility index (Phi) is 7.82. The van der Waals surface area contributed by atoms with E-state index in [0.717, 1.165) is 49.5 Å². The van der Waals surface area contributed by atoms with Crippen LogP contribution in [0.2, 0.25) is 0 Å². The number of nitrogens with zero attached hydrogens (tertiary/aromatic N) is 3. The molecule has 0 atom stereocenters. The van der Waals surface area contributed by atoms with Gasteiger partial charge in [-0.05, 0) is 85.6 Å². The molecule has 11 aromatic rings. The fourth-order valence-corrected chi connectivity index (χ4v) is 8.49. The zero-order valence-electron chi connectivity index (χ0n) is 31.0. The third-order valence-corrected chi connectivity index (χ3v) is 11.2. The lowest BCUT2D eigenvalue weighted by Crippen LogP contribution is -2.03. The van der Waals surface area contributed by atoms with Gasteiger partial charge in [0.15, 0.2) is 0 Å². The van der Waals surface area contributed by atoms with Gasteiger partial charge < -0.3 is 0 Å². The molecule has 0 saturated heterocycles. The molecule has 2 heterocycles. The van der Waals surface area contributed by atoms with Crippen molar-refractivity contribution in [3.8, 4) is 61.7 Å². The summed E-state index contributed by atoms with van der Waals surface area (Å²) < 4.78 is 2.24. The van der Waals surface area contributed by atoms with E-state index >= 15 is 0 Å². The number of fused-ring (bicyclic) bond motifs is 5. The summed E-state index contributed by atoms with van der Waals surface area (Å²) in [6.45, 7) is 0. The monoisotopic (exact) mass is 725 g/mol. The maximum absolute atomic E-state index is 5.43. The molecule has 2 aromatic heterocycles. The second kappa shape index (κ2) is 13.6. The van der Waals surface area contributed by atoms with E-state index in [2.05, 4.69) is 217 Å². The Morgan fingerprint density at radius 2 is 0.789 bits per heavy atom. The van der Waals surface area contributed by atoms with Crippen LogP contribution in [-0.4, -0.2) is 14.5 Å². The molecule has 266 valence electrons. The number of benzene rings is 9. The molecular formula is C54H35N3. The molecular weight excluding hydrogens is 691 g/mol. The van der Waals surface area contributed by atoms with Gasteiger partial charge in [0.2, 0.25) is 5.95 Å². The molecule has 9 aromatic carbocycles. The van der Waals surface area contributed by atoms with Gasteiger partial charge in [-0.25, -0.2) is 9.97 Å². The van der Waals surface area contributed by atoms with Crippen LogP contribution in [0.3, 0.4) is 0 Å². The molecule has 0 amide bonds. The zero-order chi connectivity index (χ0) is 37.7. The van der Waals surface area contributed by atoms with Crippen LogP contribution in [0.1, 0.15) is 0 Å². The Morgan fingerprint density at radius 1 is 0.316 bits per heavy atom. The van der Waals surface area contributed by atoms with E-state index in [1.807, 2.05) is 0 Å². The predicted octanol–water partition coefficient (Wildman–Crippen LogP) is 14.2. The van der Waals surface area contributed by atoms with Gasteiger partial charge >= 0.3 is 0 Å². The molecule has 57 heavy (non-hydrogen) atoms. The number of rotatable bonds is 6. The average Bonchev–Trinajstić information content (AvgIpc) is 3.62. The SMILES string of the molecule is c1ccc(-c2ccc3c(c2)c2cc(-c4ccccc4)ccc2n3-c2nc(-c3ccc(-c4cccc5cccc(-c6ccccc6)c45)cc3)c3ccccc3n2)cc1. The smallest absolute Gasteiger partial charge is 0.235 e. The highest BCUT2D eigenvalue weighted by Crippen LogP contribution is 2.40. The van der Waals surface area contributed by atoms with Gasteiger partial charge in [0.25, 0.3) is 0 Å². The number of aromatic nitrogens is 3. The summed E-state index contributed by atoms with van der Waals surface area (Å²) in [4.78, 5) is 10.7. The highest BCUT2D eigenvalue weighted by atomic mass is 15.2. The van der Waals surface area contributed by atoms with Crippen molar-refractivity contribution in [3.05, 3.63) is 212 Å². The summed E-state index contributed by atoms with van der Waals surface area (Å²) in [6.07, 6.45) is 0. The quantitative estimate of drug-likeness (QED) is 0.171. The molecule has 11 rings (SSSR count). The predicted molar refractivity (Wildman–Crippen MR) is 239 cm³/mol. The van der Waals surface area contributed by atoms with Gasteiger partial charge in [-0.2, -0.15) is 0 Å². The van der Waals surface area contributed by atoms with E-state index < -0.39 is 0 Å². The largest absolute Gasteiger partial charge is 0.278 e. The van der Waals surface area contributed by atoms with Crippen molar-refractivity contribution >= 4 is 43.5 Å². The summed E-state index contributed by atoms with van der Waals surface area (Å²) in [7, 11) is 0. The molecule has 0 aliphatic rings. The van der Waals surface area contributed by atoms with E-state index in [1.165, 1.54) is 49.7 Å². The van der Waals surface area contributed by atoms with E-state index in [1.54, 1.807) is 0 Å². The van der Waals surface area contributed by atoms with Crippen molar-refractivity contribution in [2.45, 2.75) is 0 Å². The zero-order valence-corrected chi connectivity index (χ0v) is 31.0. The van der Waals surface area contributed by atoms with Crippen LogP contribution >= 0.6 is 0 Å². The lowest BCUT2D eigenvalue weighted by atomic mass is 9.91. The molecule has 0 radical (unpaired) electrons. The molecule has 3 heteroatoms. The molecule has 0 fully saturated rings. The summed E-state index contributed by atoms with van der Waals surface area (Å²) in [5.41, 5.74) is 14.5. The van der Waals surface area contributed by atoms with Crippen molar-refractivity contribution in [2.24, 2.45) is 0 Å². The van der Waals surface area contributed by atoms with Crippen molar-refractivity contribution in [1.29, 1.82) is 0 Å². The first-order chi connectivity index (χ1) is 28.3. The molecule has 0 aliphatic heterocycles. The van der Waals surface area contributed by atoms with E-state index in [9.17, 15) is 0 Å². The first-order valence-electron chi connectivity index (χ1n) is 19.4. The van der Waals surface area contributed by atoms with Crippen LogP contribution < -0.4 is 0 Å². The van der Waals surface area contributed by atoms with Crippen molar-refractivity contribution in [3.63, 3.8) is 0 Å². The van der Waals surface area contributed by atoms with E-state index in [0.29, 0.717) is 5.95 Å². The van der Waals surface area contributed by atoms with E-state index in [4.69, 9.17) is 9.97 Å². The Labute approximate surface area is 330 Å². The lowest BCUT2D eigenvalue weighted by molar-refractivity contribution is 1.01. The Bertz CT molecular complexity index is 3160. The highest BCUT2D eigenvalue weighted by Gasteiger charge is 2.19. The average molecular weight is 726 g/mol. The molecule has 3 nitrogen and oxygen atoms in total. The number of para-hydroxylation sites is 1. The second-order valence-electron chi connectivity index (χ2n) is 14.6. The highest BCUT2D eigenvalue weighted by molar-refractivity contribution is 6.12. The van der Waals surface area contributed by atoms with Gasteiger partial charge in [-0.15, -0.1) is 0 Å². The second-order valence-corrected chi connectivity index (χ2v) is 14.6. The van der Waals surface area contributed by atoms with Crippen molar-refractivity contribution < 1.29 is 0 Å². The first kappa shape index (κ1) is 32.8. The minimum Gasteiger partial charge on any atom is -0.278 e. The van der Waals surface area contributed by atoms with Crippen molar-refractivity contribution in [2.75, 3.05) is 0 Å². The van der Waals surface area contributed by atoms with Crippen LogP contribution in [0.4, 0.5) is 0 Å². The van der Waals surface area contributed by atoms with Gasteiger partial charge in [0.1, 0.15) is 0 Å². The van der Waals surface area contributed by atoms with Crippen LogP contribution in [0.25, 0.3) is 105 Å². The van der Waals surface area contributed by atoms with Crippen LogP contribution in [0.5, 0.6) is 0 Å². The fraction of sp³-hybridized carbons (Fsp3) is 0. The lowest BCUT2D eigenvalue weighted by Gasteiger charge is -2.14. The fourth-order valence-electron chi connectivity index (χ4n) is 8.49. The molecule has 0 aliphatic carbocycles. The molecule has 0 saturated carbocycles.